The highest BCUT2D eigenvalue weighted by molar-refractivity contribution is 5.76. The number of hydrogen-bond donors (Lipinski definition) is 4. The van der Waals surface area contributed by atoms with Gasteiger partial charge in [-0.1, -0.05) is 192 Å². The molecule has 5 heteroatoms. The Bertz CT molecular complexity index is 824. The summed E-state index contributed by atoms with van der Waals surface area (Å²) in [6.45, 7) is 4.17. The largest absolute Gasteiger partial charge is 0.394 e. The normalized spacial score (nSPS) is 13.8. The fourth-order valence-corrected chi connectivity index (χ4v) is 7.06. The van der Waals surface area contributed by atoms with Crippen molar-refractivity contribution in [1.82, 2.24) is 5.32 Å². The first-order valence-electron chi connectivity index (χ1n) is 23.3. The highest BCUT2D eigenvalue weighted by atomic mass is 16.3. The van der Waals surface area contributed by atoms with Gasteiger partial charge in [0, 0.05) is 6.42 Å². The van der Waals surface area contributed by atoms with Crippen LogP contribution in [0.5, 0.6) is 0 Å². The molecule has 53 heavy (non-hydrogen) atoms. The van der Waals surface area contributed by atoms with Crippen molar-refractivity contribution >= 4 is 5.91 Å². The van der Waals surface area contributed by atoms with Crippen molar-refractivity contribution < 1.29 is 20.1 Å². The Morgan fingerprint density at radius 2 is 0.774 bits per heavy atom. The maximum Gasteiger partial charge on any atom is 0.220 e. The van der Waals surface area contributed by atoms with Crippen LogP contribution in [0.15, 0.2) is 36.5 Å². The number of nitrogens with one attached hydrogen (secondary N) is 1. The van der Waals surface area contributed by atoms with E-state index in [0.717, 1.165) is 44.9 Å². The van der Waals surface area contributed by atoms with E-state index in [2.05, 4.69) is 55.6 Å². The van der Waals surface area contributed by atoms with Crippen LogP contribution in [0.4, 0.5) is 0 Å². The lowest BCUT2D eigenvalue weighted by Crippen LogP contribution is -2.50. The van der Waals surface area contributed by atoms with Gasteiger partial charge in [-0.3, -0.25) is 4.79 Å². The minimum absolute atomic E-state index is 0.162. The first-order valence-corrected chi connectivity index (χ1v) is 23.3. The van der Waals surface area contributed by atoms with Crippen molar-refractivity contribution in [1.29, 1.82) is 0 Å². The minimum atomic E-state index is -1.17. The molecule has 0 aliphatic carbocycles. The molecule has 0 aliphatic heterocycles. The Morgan fingerprint density at radius 3 is 1.15 bits per heavy atom. The van der Waals surface area contributed by atoms with Crippen LogP contribution in [0.3, 0.4) is 0 Å². The van der Waals surface area contributed by atoms with Gasteiger partial charge in [0.05, 0.1) is 18.8 Å². The quantitative estimate of drug-likeness (QED) is 0.0370. The van der Waals surface area contributed by atoms with Crippen molar-refractivity contribution in [3.8, 4) is 0 Å². The number of amides is 1. The Balaban J connectivity index is 3.67. The maximum atomic E-state index is 12.4. The van der Waals surface area contributed by atoms with Gasteiger partial charge in [0.2, 0.25) is 5.91 Å². The van der Waals surface area contributed by atoms with Crippen LogP contribution in [0, 0.1) is 0 Å². The third-order valence-corrected chi connectivity index (χ3v) is 10.7. The molecule has 0 bridgehead atoms. The van der Waals surface area contributed by atoms with Crippen molar-refractivity contribution in [2.24, 2.45) is 0 Å². The summed E-state index contributed by atoms with van der Waals surface area (Å²) < 4.78 is 0. The Hall–Kier alpha value is -1.43. The molecule has 0 saturated carbocycles. The third kappa shape index (κ3) is 38.6. The molecule has 0 rings (SSSR count). The second kappa shape index (κ2) is 43.3. The zero-order chi connectivity index (χ0) is 38.7. The van der Waals surface area contributed by atoms with Crippen LogP contribution < -0.4 is 5.32 Å². The van der Waals surface area contributed by atoms with Crippen molar-refractivity contribution in [2.75, 3.05) is 6.61 Å². The summed E-state index contributed by atoms with van der Waals surface area (Å²) in [6, 6.07) is -0.834. The van der Waals surface area contributed by atoms with Crippen molar-refractivity contribution in [3.05, 3.63) is 36.5 Å². The van der Waals surface area contributed by atoms with Gasteiger partial charge < -0.3 is 20.6 Å². The molecule has 3 unspecified atom stereocenters. The van der Waals surface area contributed by atoms with Gasteiger partial charge in [-0.25, -0.2) is 0 Å². The van der Waals surface area contributed by atoms with Crippen LogP contribution in [0.2, 0.25) is 0 Å². The lowest BCUT2D eigenvalue weighted by Gasteiger charge is -2.26. The molecule has 0 aromatic heterocycles. The summed E-state index contributed by atoms with van der Waals surface area (Å²) in [7, 11) is 0. The average Bonchev–Trinajstić information content (AvgIpc) is 3.16. The van der Waals surface area contributed by atoms with E-state index in [9.17, 15) is 20.1 Å². The summed E-state index contributed by atoms with van der Waals surface area (Å²) in [6.07, 6.45) is 54.0. The standard InChI is InChI=1S/C48H91NO4/c1-3-5-7-9-11-13-15-17-19-21-22-23-24-25-27-29-31-33-35-37-39-41-43-47(52)49-45(44-50)48(53)46(51)42-40-38-36-34-32-30-28-26-20-18-16-14-12-10-8-6-4-2/h24-26,28,34,36,45-46,48,50-51,53H,3-23,27,29-33,35,37-44H2,1-2H3,(H,49,52)/b25-24-,28-26+,36-34+. The molecule has 3 atom stereocenters. The minimum Gasteiger partial charge on any atom is -0.394 e. The van der Waals surface area contributed by atoms with Gasteiger partial charge in [-0.15, -0.1) is 0 Å². The summed E-state index contributed by atoms with van der Waals surface area (Å²) >= 11 is 0. The molecular weight excluding hydrogens is 655 g/mol. The zero-order valence-electron chi connectivity index (χ0n) is 35.4. The average molecular weight is 746 g/mol. The highest BCUT2D eigenvalue weighted by Crippen LogP contribution is 2.15. The first-order chi connectivity index (χ1) is 26.1. The smallest absolute Gasteiger partial charge is 0.220 e. The van der Waals surface area contributed by atoms with Crippen LogP contribution in [-0.2, 0) is 4.79 Å². The van der Waals surface area contributed by atoms with E-state index in [0.29, 0.717) is 12.8 Å². The maximum absolute atomic E-state index is 12.4. The number of carbonyl (C=O) groups is 1. The van der Waals surface area contributed by atoms with Crippen LogP contribution in [0.1, 0.15) is 239 Å². The summed E-state index contributed by atoms with van der Waals surface area (Å²) in [5.41, 5.74) is 0. The molecule has 0 aromatic carbocycles. The molecule has 0 fully saturated rings. The molecule has 0 spiro atoms. The fraction of sp³-hybridized carbons (Fsp3) is 0.854. The first kappa shape index (κ1) is 51.6. The SMILES string of the molecule is CCCCCCCCCC/C=C/CC/C=C/CCCC(O)C(O)C(CO)NC(=O)CCCCCCCCC/C=C\CCCCCCCCCCCCC. The predicted molar refractivity (Wildman–Crippen MR) is 231 cm³/mol. The molecule has 0 radical (unpaired) electrons. The molecule has 0 saturated heterocycles. The fourth-order valence-electron chi connectivity index (χ4n) is 7.06. The number of unbranched alkanes of at least 4 members (excludes halogenated alkanes) is 28. The van der Waals surface area contributed by atoms with Gasteiger partial charge in [-0.2, -0.15) is 0 Å². The molecule has 0 heterocycles. The van der Waals surface area contributed by atoms with Crippen molar-refractivity contribution in [2.45, 2.75) is 257 Å². The zero-order valence-corrected chi connectivity index (χ0v) is 35.4. The number of hydrogen-bond acceptors (Lipinski definition) is 4. The lowest BCUT2D eigenvalue weighted by molar-refractivity contribution is -0.124. The van der Waals surface area contributed by atoms with Gasteiger partial charge in [0.25, 0.3) is 0 Å². The molecule has 0 aliphatic rings. The van der Waals surface area contributed by atoms with E-state index < -0.39 is 18.2 Å². The molecule has 312 valence electrons. The number of carbonyl (C=O) groups excluding carboxylic acids is 1. The molecule has 4 N–H and O–H groups in total. The van der Waals surface area contributed by atoms with Crippen LogP contribution >= 0.6 is 0 Å². The summed E-state index contributed by atoms with van der Waals surface area (Å²) in [5, 5.41) is 33.5. The van der Waals surface area contributed by atoms with E-state index >= 15 is 0 Å². The lowest BCUT2D eigenvalue weighted by atomic mass is 10.0. The van der Waals surface area contributed by atoms with E-state index in [1.807, 2.05) is 0 Å². The Kier molecular flexibility index (Phi) is 42.1. The number of rotatable bonds is 42. The van der Waals surface area contributed by atoms with Gasteiger partial charge >= 0.3 is 0 Å². The number of aliphatic hydroxyl groups is 3. The predicted octanol–water partition coefficient (Wildman–Crippen LogP) is 13.5. The second-order valence-electron chi connectivity index (χ2n) is 15.9. The summed E-state index contributed by atoms with van der Waals surface area (Å²) in [5.74, 6) is -0.162. The topological polar surface area (TPSA) is 89.8 Å². The van der Waals surface area contributed by atoms with E-state index in [1.54, 1.807) is 0 Å². The molecule has 5 nitrogen and oxygen atoms in total. The second-order valence-corrected chi connectivity index (χ2v) is 15.9. The Labute approximate surface area is 330 Å². The van der Waals surface area contributed by atoms with Gasteiger partial charge in [0.1, 0.15) is 6.10 Å². The third-order valence-electron chi connectivity index (χ3n) is 10.7. The highest BCUT2D eigenvalue weighted by Gasteiger charge is 2.26. The van der Waals surface area contributed by atoms with E-state index in [-0.39, 0.29) is 12.5 Å². The van der Waals surface area contributed by atoms with Crippen molar-refractivity contribution in [3.63, 3.8) is 0 Å². The van der Waals surface area contributed by atoms with Crippen LogP contribution in [0.25, 0.3) is 0 Å². The monoisotopic (exact) mass is 746 g/mol. The van der Waals surface area contributed by atoms with Crippen LogP contribution in [-0.4, -0.2) is 46.1 Å². The Morgan fingerprint density at radius 1 is 0.453 bits per heavy atom. The molecular formula is C48H91NO4. The van der Waals surface area contributed by atoms with E-state index in [4.69, 9.17) is 0 Å². The number of aliphatic hydroxyl groups excluding tert-OH is 3. The van der Waals surface area contributed by atoms with Gasteiger partial charge in [0.15, 0.2) is 0 Å². The van der Waals surface area contributed by atoms with E-state index in [1.165, 1.54) is 167 Å². The van der Waals surface area contributed by atoms with Gasteiger partial charge in [-0.05, 0) is 77.0 Å². The summed E-state index contributed by atoms with van der Waals surface area (Å²) in [4.78, 5) is 12.4. The number of allylic oxidation sites excluding steroid dienone is 6. The molecule has 1 amide bonds. The molecule has 0 aromatic rings.